The normalized spacial score (nSPS) is 29.7. The average Bonchev–Trinajstić information content (AvgIpc) is 3.46. The van der Waals surface area contributed by atoms with Crippen molar-refractivity contribution >= 4 is 5.91 Å². The van der Waals surface area contributed by atoms with Crippen molar-refractivity contribution in [3.63, 3.8) is 0 Å². The van der Waals surface area contributed by atoms with Gasteiger partial charge in [-0.3, -0.25) is 4.79 Å². The van der Waals surface area contributed by atoms with E-state index in [1.165, 1.54) is 17.7 Å². The van der Waals surface area contributed by atoms with Gasteiger partial charge in [0.1, 0.15) is 18.0 Å². The van der Waals surface area contributed by atoms with Crippen LogP contribution in [0.15, 0.2) is 48.5 Å². The highest BCUT2D eigenvalue weighted by atomic mass is 19.1. The van der Waals surface area contributed by atoms with Crippen LogP contribution in [0, 0.1) is 5.82 Å². The van der Waals surface area contributed by atoms with Crippen LogP contribution < -0.4 is 0 Å². The highest BCUT2D eigenvalue weighted by Crippen LogP contribution is 2.38. The Morgan fingerprint density at radius 2 is 1.88 bits per heavy atom. The fraction of sp³-hybridized carbons (Fsp3) is 0.381. The molecule has 0 unspecified atom stereocenters. The molecule has 1 amide bonds. The third-order valence-electron chi connectivity index (χ3n) is 5.62. The molecule has 0 saturated carbocycles. The number of rotatable bonds is 2. The Balaban J connectivity index is 1.50. The lowest BCUT2D eigenvalue weighted by Crippen LogP contribution is -2.48. The minimum Gasteiger partial charge on any atom is -0.367 e. The quantitative estimate of drug-likeness (QED) is 0.780. The van der Waals surface area contributed by atoms with Gasteiger partial charge in [0.25, 0.3) is 5.91 Å². The fourth-order valence-corrected chi connectivity index (χ4v) is 4.19. The zero-order valence-electron chi connectivity index (χ0n) is 14.3. The van der Waals surface area contributed by atoms with E-state index in [0.29, 0.717) is 19.6 Å². The third-order valence-corrected chi connectivity index (χ3v) is 5.62. The zero-order chi connectivity index (χ0) is 17.7. The van der Waals surface area contributed by atoms with Crippen LogP contribution in [-0.2, 0) is 20.7 Å². The molecule has 4 atom stereocenters. The average molecular weight is 353 g/mol. The van der Waals surface area contributed by atoms with Crippen LogP contribution in [0.2, 0.25) is 0 Å². The van der Waals surface area contributed by atoms with Gasteiger partial charge in [-0.15, -0.1) is 0 Å². The number of carbonyl (C=O) groups is 1. The molecule has 5 heteroatoms. The number of epoxide rings is 1. The van der Waals surface area contributed by atoms with E-state index < -0.39 is 6.10 Å². The van der Waals surface area contributed by atoms with Crippen LogP contribution in [0.3, 0.4) is 0 Å². The molecule has 3 aliphatic rings. The van der Waals surface area contributed by atoms with Crippen LogP contribution in [-0.4, -0.2) is 42.3 Å². The fourth-order valence-electron chi connectivity index (χ4n) is 4.19. The van der Waals surface area contributed by atoms with E-state index in [4.69, 9.17) is 9.47 Å². The molecule has 0 aromatic heterocycles. The number of amides is 1. The van der Waals surface area contributed by atoms with E-state index in [-0.39, 0.29) is 30.0 Å². The number of carbonyl (C=O) groups excluding carboxylic acids is 1. The van der Waals surface area contributed by atoms with Gasteiger partial charge in [-0.05, 0) is 35.2 Å². The van der Waals surface area contributed by atoms with Crippen molar-refractivity contribution in [1.29, 1.82) is 0 Å². The van der Waals surface area contributed by atoms with Gasteiger partial charge in [0.2, 0.25) is 0 Å². The van der Waals surface area contributed by atoms with Crippen molar-refractivity contribution in [2.75, 3.05) is 13.2 Å². The van der Waals surface area contributed by atoms with Gasteiger partial charge in [-0.25, -0.2) is 4.39 Å². The maximum atomic E-state index is 13.4. The maximum absolute atomic E-state index is 13.4. The summed E-state index contributed by atoms with van der Waals surface area (Å²) < 4.78 is 24.7. The minimum atomic E-state index is -0.452. The van der Waals surface area contributed by atoms with Crippen LogP contribution >= 0.6 is 0 Å². The topological polar surface area (TPSA) is 42.1 Å². The van der Waals surface area contributed by atoms with Crippen LogP contribution in [0.25, 0.3) is 0 Å². The molecular weight excluding hydrogens is 333 g/mol. The zero-order valence-corrected chi connectivity index (χ0v) is 14.3. The van der Waals surface area contributed by atoms with E-state index in [0.717, 1.165) is 17.5 Å². The molecule has 3 heterocycles. The number of nitrogens with zero attached hydrogens (tertiary/aromatic N) is 1. The second kappa shape index (κ2) is 6.18. The van der Waals surface area contributed by atoms with Crippen LogP contribution in [0.5, 0.6) is 0 Å². The van der Waals surface area contributed by atoms with Crippen molar-refractivity contribution in [3.8, 4) is 0 Å². The summed E-state index contributed by atoms with van der Waals surface area (Å²) in [5, 5.41) is 0. The minimum absolute atomic E-state index is 0.00257. The van der Waals surface area contributed by atoms with E-state index >= 15 is 0 Å². The maximum Gasteiger partial charge on any atom is 0.252 e. The molecule has 3 aliphatic heterocycles. The molecule has 2 saturated heterocycles. The van der Waals surface area contributed by atoms with Crippen molar-refractivity contribution in [2.45, 2.75) is 37.2 Å². The highest BCUT2D eigenvalue weighted by Gasteiger charge is 2.48. The summed E-state index contributed by atoms with van der Waals surface area (Å²) in [6.07, 6.45) is 1.33. The van der Waals surface area contributed by atoms with Gasteiger partial charge < -0.3 is 14.4 Å². The Kier molecular flexibility index (Phi) is 3.80. The van der Waals surface area contributed by atoms with Crippen molar-refractivity contribution < 1.29 is 18.7 Å². The molecule has 0 N–H and O–H groups in total. The van der Waals surface area contributed by atoms with Crippen molar-refractivity contribution in [1.82, 2.24) is 4.90 Å². The molecule has 26 heavy (non-hydrogen) atoms. The number of ether oxygens (including phenoxy) is 2. The molecule has 0 aliphatic carbocycles. The van der Waals surface area contributed by atoms with Crippen LogP contribution in [0.1, 0.15) is 29.2 Å². The van der Waals surface area contributed by atoms with Gasteiger partial charge in [-0.1, -0.05) is 36.4 Å². The lowest BCUT2D eigenvalue weighted by Gasteiger charge is -2.39. The van der Waals surface area contributed by atoms with Gasteiger partial charge in [0.05, 0.1) is 18.8 Å². The Hall–Kier alpha value is -2.24. The number of hydrogen-bond acceptors (Lipinski definition) is 3. The van der Waals surface area contributed by atoms with E-state index in [1.807, 2.05) is 17.0 Å². The summed E-state index contributed by atoms with van der Waals surface area (Å²) in [7, 11) is 0. The third kappa shape index (κ3) is 2.72. The van der Waals surface area contributed by atoms with E-state index in [9.17, 15) is 9.18 Å². The summed E-state index contributed by atoms with van der Waals surface area (Å²) >= 11 is 0. The van der Waals surface area contributed by atoms with Gasteiger partial charge >= 0.3 is 0 Å². The molecule has 0 spiro atoms. The molecule has 2 fully saturated rings. The lowest BCUT2D eigenvalue weighted by atomic mass is 9.87. The van der Waals surface area contributed by atoms with E-state index in [1.54, 1.807) is 12.1 Å². The van der Waals surface area contributed by atoms with Gasteiger partial charge in [0, 0.05) is 13.0 Å². The number of halogens is 1. The molecule has 4 nitrogen and oxygen atoms in total. The Morgan fingerprint density at radius 1 is 1.08 bits per heavy atom. The van der Waals surface area contributed by atoms with Crippen molar-refractivity contribution in [2.24, 2.45) is 0 Å². The predicted molar refractivity (Wildman–Crippen MR) is 93.1 cm³/mol. The number of hydrogen-bond donors (Lipinski definition) is 0. The monoisotopic (exact) mass is 353 g/mol. The predicted octanol–water partition coefficient (Wildman–Crippen LogP) is 2.86. The lowest BCUT2D eigenvalue weighted by molar-refractivity contribution is -0.147. The highest BCUT2D eigenvalue weighted by molar-refractivity contribution is 5.82. The molecule has 2 aromatic rings. The molecular formula is C21H20FNO3. The molecule has 2 aromatic carbocycles. The summed E-state index contributed by atoms with van der Waals surface area (Å²) in [5.74, 6) is -0.272. The second-order valence-electron chi connectivity index (χ2n) is 7.21. The largest absolute Gasteiger partial charge is 0.367 e. The Morgan fingerprint density at radius 3 is 2.69 bits per heavy atom. The Bertz CT molecular complexity index is 837. The summed E-state index contributed by atoms with van der Waals surface area (Å²) in [4.78, 5) is 15.1. The summed E-state index contributed by atoms with van der Waals surface area (Å²) in [6.45, 7) is 1.12. The first-order chi connectivity index (χ1) is 12.7. The standard InChI is InChI=1S/C21H20FNO3/c22-15-7-5-14(6-8-15)20-16-4-2-1-3-13(16)9-10-23(20)21(24)18-11-17-19(26-17)12-25-18/h1-8,17-20H,9-12H2/t17-,18+,19+,20+/m1/s1. The Labute approximate surface area is 151 Å². The van der Waals surface area contributed by atoms with Gasteiger partial charge in [-0.2, -0.15) is 0 Å². The van der Waals surface area contributed by atoms with Gasteiger partial charge in [0.15, 0.2) is 0 Å². The smallest absolute Gasteiger partial charge is 0.252 e. The molecule has 0 radical (unpaired) electrons. The molecule has 0 bridgehead atoms. The SMILES string of the molecule is O=C([C@@H]1C[C@H]2O[C@H]2CO1)N1CCc2ccccc2[C@@H]1c1ccc(F)cc1. The first kappa shape index (κ1) is 16.0. The number of benzene rings is 2. The second-order valence-corrected chi connectivity index (χ2v) is 7.21. The van der Waals surface area contributed by atoms with E-state index in [2.05, 4.69) is 12.1 Å². The first-order valence-corrected chi connectivity index (χ1v) is 9.11. The number of fused-ring (bicyclic) bond motifs is 2. The van der Waals surface area contributed by atoms with Crippen molar-refractivity contribution in [3.05, 3.63) is 71.0 Å². The molecule has 134 valence electrons. The summed E-state index contributed by atoms with van der Waals surface area (Å²) in [6, 6.07) is 14.4. The molecule has 5 rings (SSSR count). The summed E-state index contributed by atoms with van der Waals surface area (Å²) in [5.41, 5.74) is 3.26. The van der Waals surface area contributed by atoms with Crippen LogP contribution in [0.4, 0.5) is 4.39 Å². The first-order valence-electron chi connectivity index (χ1n) is 9.11.